The van der Waals surface area contributed by atoms with E-state index >= 15 is 0 Å². The number of nitrogens with one attached hydrogen (secondary N) is 2. The molecule has 9 heteroatoms. The zero-order chi connectivity index (χ0) is 20.8. The minimum absolute atomic E-state index is 0.198. The number of carbonyl (C=O) groups excluding carboxylic acids is 3. The molecule has 2 aromatic carbocycles. The van der Waals surface area contributed by atoms with Crippen molar-refractivity contribution < 1.29 is 19.1 Å². The van der Waals surface area contributed by atoms with Crippen LogP contribution in [0.5, 0.6) is 0 Å². The Hall–Kier alpha value is -4.01. The van der Waals surface area contributed by atoms with Gasteiger partial charge < -0.3 is 15.4 Å². The predicted molar refractivity (Wildman–Crippen MR) is 105 cm³/mol. The van der Waals surface area contributed by atoms with Gasteiger partial charge in [-0.15, -0.1) is 0 Å². The number of benzene rings is 2. The zero-order valence-corrected chi connectivity index (χ0v) is 15.5. The van der Waals surface area contributed by atoms with Crippen LogP contribution in [0.4, 0.5) is 5.69 Å². The molecule has 0 saturated carbocycles. The zero-order valence-electron chi connectivity index (χ0n) is 15.5. The minimum Gasteiger partial charge on any atom is -0.465 e. The van der Waals surface area contributed by atoms with E-state index in [2.05, 4.69) is 20.4 Å². The highest BCUT2D eigenvalue weighted by Gasteiger charge is 2.14. The van der Waals surface area contributed by atoms with E-state index in [0.717, 1.165) is 0 Å². The van der Waals surface area contributed by atoms with E-state index in [-0.39, 0.29) is 29.9 Å². The molecule has 3 aromatic rings. The average molecular weight is 394 g/mol. The standard InChI is InChI=1S/C20H18N4O5/c1-29-20(28)14-7-3-5-9-16(14)23-17(25)10-21-18(26)11-24-12-22-15-8-4-2-6-13(15)19(24)27/h2-9,12H,10-11H2,1H3,(H,21,26)(H,23,25). The van der Waals surface area contributed by atoms with Crippen LogP contribution in [0, 0.1) is 0 Å². The Labute approximate surface area is 165 Å². The predicted octanol–water partition coefficient (Wildman–Crippen LogP) is 0.938. The lowest BCUT2D eigenvalue weighted by Crippen LogP contribution is -2.37. The summed E-state index contributed by atoms with van der Waals surface area (Å²) in [6.45, 7) is -0.604. The first-order valence-electron chi connectivity index (χ1n) is 8.67. The van der Waals surface area contributed by atoms with Crippen LogP contribution in [-0.2, 0) is 20.9 Å². The maximum Gasteiger partial charge on any atom is 0.339 e. The third-order valence-corrected chi connectivity index (χ3v) is 4.10. The number of rotatable bonds is 6. The number of ether oxygens (including phenoxy) is 1. The smallest absolute Gasteiger partial charge is 0.339 e. The molecule has 0 atom stereocenters. The summed E-state index contributed by atoms with van der Waals surface area (Å²) in [5.74, 6) is -1.65. The van der Waals surface area contributed by atoms with Crippen molar-refractivity contribution in [3.63, 3.8) is 0 Å². The lowest BCUT2D eigenvalue weighted by molar-refractivity contribution is -0.124. The van der Waals surface area contributed by atoms with Crippen LogP contribution >= 0.6 is 0 Å². The molecule has 9 nitrogen and oxygen atoms in total. The number of fused-ring (bicyclic) bond motifs is 1. The van der Waals surface area contributed by atoms with Crippen LogP contribution in [0.15, 0.2) is 59.7 Å². The van der Waals surface area contributed by atoms with Gasteiger partial charge in [-0.25, -0.2) is 9.78 Å². The van der Waals surface area contributed by atoms with Crippen LogP contribution in [0.3, 0.4) is 0 Å². The van der Waals surface area contributed by atoms with Crippen molar-refractivity contribution in [3.05, 3.63) is 70.8 Å². The number of para-hydroxylation sites is 2. The van der Waals surface area contributed by atoms with Crippen molar-refractivity contribution in [1.29, 1.82) is 0 Å². The van der Waals surface area contributed by atoms with Gasteiger partial charge in [0.05, 0.1) is 42.1 Å². The van der Waals surface area contributed by atoms with Crippen molar-refractivity contribution in [2.75, 3.05) is 19.0 Å². The van der Waals surface area contributed by atoms with Crippen molar-refractivity contribution >= 4 is 34.4 Å². The van der Waals surface area contributed by atoms with Crippen LogP contribution in [-0.4, -0.2) is 41.0 Å². The molecule has 1 aromatic heterocycles. The summed E-state index contributed by atoms with van der Waals surface area (Å²) in [6.07, 6.45) is 1.29. The highest BCUT2D eigenvalue weighted by atomic mass is 16.5. The van der Waals surface area contributed by atoms with E-state index < -0.39 is 17.8 Å². The summed E-state index contributed by atoms with van der Waals surface area (Å²) in [5.41, 5.74) is 0.664. The van der Waals surface area contributed by atoms with Gasteiger partial charge in [0.2, 0.25) is 11.8 Å². The first-order chi connectivity index (χ1) is 14.0. The van der Waals surface area contributed by atoms with Gasteiger partial charge in [0.15, 0.2) is 0 Å². The number of hydrogen-bond acceptors (Lipinski definition) is 6. The van der Waals surface area contributed by atoms with E-state index in [1.807, 2.05) is 0 Å². The van der Waals surface area contributed by atoms with Gasteiger partial charge in [-0.3, -0.25) is 19.0 Å². The fourth-order valence-corrected chi connectivity index (χ4v) is 2.68. The Kier molecular flexibility index (Phi) is 5.98. The van der Waals surface area contributed by atoms with Crippen LogP contribution < -0.4 is 16.2 Å². The second-order valence-corrected chi connectivity index (χ2v) is 6.06. The molecule has 2 amide bonds. The number of methoxy groups -OCH3 is 1. The molecule has 0 aliphatic carbocycles. The number of nitrogens with zero attached hydrogens (tertiary/aromatic N) is 2. The minimum atomic E-state index is -0.590. The Morgan fingerprint density at radius 2 is 1.76 bits per heavy atom. The molecule has 3 rings (SSSR count). The van der Waals surface area contributed by atoms with Gasteiger partial charge in [0.1, 0.15) is 6.54 Å². The molecule has 29 heavy (non-hydrogen) atoms. The SMILES string of the molecule is COC(=O)c1ccccc1NC(=O)CNC(=O)Cn1cnc2ccccc2c1=O. The molecule has 1 heterocycles. The Morgan fingerprint density at radius 3 is 2.55 bits per heavy atom. The summed E-state index contributed by atoms with van der Waals surface area (Å²) in [6, 6.07) is 13.2. The second kappa shape index (κ2) is 8.79. The molecule has 0 aliphatic rings. The average Bonchev–Trinajstić information content (AvgIpc) is 2.74. The van der Waals surface area contributed by atoms with Gasteiger partial charge >= 0.3 is 5.97 Å². The summed E-state index contributed by atoms with van der Waals surface area (Å²) in [5, 5.41) is 5.38. The normalized spacial score (nSPS) is 10.4. The topological polar surface area (TPSA) is 119 Å². The maximum absolute atomic E-state index is 12.4. The first-order valence-corrected chi connectivity index (χ1v) is 8.67. The van der Waals surface area contributed by atoms with Crippen molar-refractivity contribution in [3.8, 4) is 0 Å². The van der Waals surface area contributed by atoms with E-state index in [9.17, 15) is 19.2 Å². The van der Waals surface area contributed by atoms with E-state index in [1.54, 1.807) is 42.5 Å². The van der Waals surface area contributed by atoms with Crippen molar-refractivity contribution in [2.45, 2.75) is 6.54 Å². The number of amides is 2. The Bertz CT molecular complexity index is 1140. The molecule has 0 bridgehead atoms. The van der Waals surface area contributed by atoms with Gasteiger partial charge in [-0.05, 0) is 24.3 Å². The van der Waals surface area contributed by atoms with Crippen LogP contribution in [0.2, 0.25) is 0 Å². The molecule has 0 unspecified atom stereocenters. The van der Waals surface area contributed by atoms with Gasteiger partial charge in [0, 0.05) is 0 Å². The van der Waals surface area contributed by atoms with Crippen LogP contribution in [0.25, 0.3) is 10.9 Å². The molecule has 148 valence electrons. The lowest BCUT2D eigenvalue weighted by atomic mass is 10.2. The Morgan fingerprint density at radius 1 is 1.03 bits per heavy atom. The summed E-state index contributed by atoms with van der Waals surface area (Å²) < 4.78 is 5.84. The number of carbonyl (C=O) groups is 3. The summed E-state index contributed by atoms with van der Waals surface area (Å²) in [7, 11) is 1.24. The second-order valence-electron chi connectivity index (χ2n) is 6.06. The molecule has 0 radical (unpaired) electrons. The van der Waals surface area contributed by atoms with E-state index in [0.29, 0.717) is 10.9 Å². The maximum atomic E-state index is 12.4. The number of anilines is 1. The molecule has 0 saturated heterocycles. The summed E-state index contributed by atoms with van der Waals surface area (Å²) >= 11 is 0. The molecular formula is C20H18N4O5. The van der Waals surface area contributed by atoms with Crippen LogP contribution in [0.1, 0.15) is 10.4 Å². The molecular weight excluding hydrogens is 376 g/mol. The quantitative estimate of drug-likeness (QED) is 0.601. The van der Waals surface area contributed by atoms with Gasteiger partial charge in [-0.1, -0.05) is 24.3 Å². The molecule has 0 spiro atoms. The first kappa shape index (κ1) is 19.7. The van der Waals surface area contributed by atoms with Gasteiger partial charge in [0.25, 0.3) is 5.56 Å². The molecule has 0 aliphatic heterocycles. The number of aromatic nitrogens is 2. The third-order valence-electron chi connectivity index (χ3n) is 4.10. The highest BCUT2D eigenvalue weighted by Crippen LogP contribution is 2.15. The third kappa shape index (κ3) is 4.64. The summed E-state index contributed by atoms with van der Waals surface area (Å²) in [4.78, 5) is 52.5. The number of esters is 1. The Balaban J connectivity index is 1.60. The van der Waals surface area contributed by atoms with E-state index in [1.165, 1.54) is 24.1 Å². The molecule has 0 fully saturated rings. The van der Waals surface area contributed by atoms with Crippen molar-refractivity contribution in [2.24, 2.45) is 0 Å². The highest BCUT2D eigenvalue weighted by molar-refractivity contribution is 6.02. The largest absolute Gasteiger partial charge is 0.465 e. The number of hydrogen-bond donors (Lipinski definition) is 2. The lowest BCUT2D eigenvalue weighted by Gasteiger charge is -2.11. The fraction of sp³-hybridized carbons (Fsp3) is 0.150. The van der Waals surface area contributed by atoms with Gasteiger partial charge in [-0.2, -0.15) is 0 Å². The fourth-order valence-electron chi connectivity index (χ4n) is 2.68. The van der Waals surface area contributed by atoms with Crippen molar-refractivity contribution in [1.82, 2.24) is 14.9 Å². The van der Waals surface area contributed by atoms with E-state index in [4.69, 9.17) is 0 Å². The molecule has 2 N–H and O–H groups in total. The monoisotopic (exact) mass is 394 g/mol.